The van der Waals surface area contributed by atoms with Gasteiger partial charge in [-0.05, 0) is 135 Å². The van der Waals surface area contributed by atoms with Crippen LogP contribution in [0, 0.1) is 0 Å². The molecule has 0 aliphatic rings. The van der Waals surface area contributed by atoms with E-state index in [-0.39, 0.29) is 38.0 Å². The largest absolute Gasteiger partial charge is 0.462 e. The molecule has 0 fully saturated rings. The van der Waals surface area contributed by atoms with Crippen LogP contribution in [0.4, 0.5) is 0 Å². The van der Waals surface area contributed by atoms with Crippen molar-refractivity contribution in [2.24, 2.45) is 0 Å². The first-order valence-electron chi connectivity index (χ1n) is 28.0. The highest BCUT2D eigenvalue weighted by molar-refractivity contribution is 5.71. The Labute approximate surface area is 435 Å². The second-order valence-corrected chi connectivity index (χ2v) is 17.7. The molecule has 0 bridgehead atoms. The lowest BCUT2D eigenvalue weighted by molar-refractivity contribution is -0.166. The van der Waals surface area contributed by atoms with Crippen LogP contribution in [0.25, 0.3) is 0 Å². The van der Waals surface area contributed by atoms with Gasteiger partial charge in [0.2, 0.25) is 0 Å². The van der Waals surface area contributed by atoms with Crippen LogP contribution in [0.2, 0.25) is 0 Å². The molecule has 396 valence electrons. The standard InChI is InChI=1S/C65H100O6/c1-4-7-10-13-16-19-22-25-28-31-32-35-38-41-44-47-50-53-56-59-65(68)71-62(60-69-63(66)57-54-51-48-45-42-39-36-33-29-26-23-20-17-14-11-8-5-2)61-70-64(67)58-55-52-49-46-43-40-37-34-30-27-24-21-18-15-12-9-6-3/h8,11,16-21,25-30,32,35-37,39-41,44,46,49-50,53,62H,4-7,9-10,12-15,22-24,31,33-34,38,42-43,45,47-48,51-52,54-61H2,1-3H3/b11-8-,19-16-,20-17-,21-18-,28-25-,29-26-,30-27-,35-32-,39-36-,40-37-,44-41-,49-46-,53-50-/t62-/m1/s1. The summed E-state index contributed by atoms with van der Waals surface area (Å²) in [5, 5.41) is 0. The zero-order valence-electron chi connectivity index (χ0n) is 45.2. The molecular weight excluding hydrogens is 877 g/mol. The molecule has 0 aliphatic heterocycles. The van der Waals surface area contributed by atoms with Crippen molar-refractivity contribution >= 4 is 17.9 Å². The van der Waals surface area contributed by atoms with Crippen LogP contribution in [0.3, 0.4) is 0 Å². The molecule has 6 nitrogen and oxygen atoms in total. The Hall–Kier alpha value is -4.97. The van der Waals surface area contributed by atoms with Crippen molar-refractivity contribution in [3.05, 3.63) is 158 Å². The van der Waals surface area contributed by atoms with Gasteiger partial charge in [-0.2, -0.15) is 0 Å². The van der Waals surface area contributed by atoms with E-state index in [1.807, 2.05) is 12.2 Å². The maximum absolute atomic E-state index is 12.8. The van der Waals surface area contributed by atoms with E-state index in [0.29, 0.717) is 19.3 Å². The number of unbranched alkanes of at least 4 members (excludes halogenated alkanes) is 11. The highest BCUT2D eigenvalue weighted by Crippen LogP contribution is 2.10. The smallest absolute Gasteiger partial charge is 0.306 e. The second kappa shape index (κ2) is 57.6. The molecule has 0 aliphatic carbocycles. The lowest BCUT2D eigenvalue weighted by atomic mass is 10.1. The zero-order valence-corrected chi connectivity index (χ0v) is 45.2. The topological polar surface area (TPSA) is 78.9 Å². The van der Waals surface area contributed by atoms with E-state index in [2.05, 4.69) is 167 Å². The van der Waals surface area contributed by atoms with E-state index in [9.17, 15) is 14.4 Å². The molecule has 0 aromatic carbocycles. The van der Waals surface area contributed by atoms with Crippen LogP contribution >= 0.6 is 0 Å². The molecule has 0 aromatic rings. The Kier molecular flexibility index (Phi) is 53.6. The fourth-order valence-electron chi connectivity index (χ4n) is 6.82. The van der Waals surface area contributed by atoms with Crippen molar-refractivity contribution in [1.29, 1.82) is 0 Å². The Morgan fingerprint density at radius 3 is 0.958 bits per heavy atom. The Morgan fingerprint density at radius 2 is 0.592 bits per heavy atom. The molecule has 71 heavy (non-hydrogen) atoms. The van der Waals surface area contributed by atoms with Gasteiger partial charge in [0.1, 0.15) is 13.2 Å². The fourth-order valence-corrected chi connectivity index (χ4v) is 6.82. The number of carbonyl (C=O) groups is 3. The molecule has 1 atom stereocenters. The van der Waals surface area contributed by atoms with Crippen LogP contribution < -0.4 is 0 Å². The van der Waals surface area contributed by atoms with Crippen LogP contribution in [-0.2, 0) is 28.6 Å². The van der Waals surface area contributed by atoms with E-state index in [4.69, 9.17) is 14.2 Å². The van der Waals surface area contributed by atoms with Crippen molar-refractivity contribution in [2.75, 3.05) is 13.2 Å². The minimum atomic E-state index is -0.859. The summed E-state index contributed by atoms with van der Waals surface area (Å²) < 4.78 is 16.7. The summed E-state index contributed by atoms with van der Waals surface area (Å²) in [7, 11) is 0. The third-order valence-electron chi connectivity index (χ3n) is 11.0. The van der Waals surface area contributed by atoms with Gasteiger partial charge in [0, 0.05) is 19.3 Å². The molecule has 0 aromatic heterocycles. The molecule has 0 spiro atoms. The molecule has 0 saturated heterocycles. The maximum atomic E-state index is 12.8. The summed E-state index contributed by atoms with van der Waals surface area (Å²) in [6.07, 6.45) is 83.8. The predicted molar refractivity (Wildman–Crippen MR) is 306 cm³/mol. The zero-order chi connectivity index (χ0) is 51.4. The van der Waals surface area contributed by atoms with Crippen LogP contribution in [0.1, 0.15) is 213 Å². The van der Waals surface area contributed by atoms with Gasteiger partial charge in [-0.3, -0.25) is 14.4 Å². The third-order valence-corrected chi connectivity index (χ3v) is 11.0. The van der Waals surface area contributed by atoms with E-state index in [1.54, 1.807) is 0 Å². The number of carbonyl (C=O) groups excluding carboxylic acids is 3. The number of hydrogen-bond acceptors (Lipinski definition) is 6. The van der Waals surface area contributed by atoms with Gasteiger partial charge in [0.25, 0.3) is 0 Å². The molecule has 0 rings (SSSR count). The first kappa shape index (κ1) is 66.0. The van der Waals surface area contributed by atoms with Crippen molar-refractivity contribution in [3.8, 4) is 0 Å². The highest BCUT2D eigenvalue weighted by Gasteiger charge is 2.19. The number of rotatable bonds is 48. The summed E-state index contributed by atoms with van der Waals surface area (Å²) in [5.41, 5.74) is 0. The summed E-state index contributed by atoms with van der Waals surface area (Å²) >= 11 is 0. The first-order chi connectivity index (χ1) is 35.0. The van der Waals surface area contributed by atoms with Crippen molar-refractivity contribution in [2.45, 2.75) is 219 Å². The van der Waals surface area contributed by atoms with Gasteiger partial charge < -0.3 is 14.2 Å². The molecule has 0 unspecified atom stereocenters. The second-order valence-electron chi connectivity index (χ2n) is 17.7. The molecule has 6 heteroatoms. The van der Waals surface area contributed by atoms with Gasteiger partial charge >= 0.3 is 17.9 Å². The quantitative estimate of drug-likeness (QED) is 0.0262. The van der Waals surface area contributed by atoms with Crippen molar-refractivity contribution < 1.29 is 28.6 Å². The van der Waals surface area contributed by atoms with Crippen molar-refractivity contribution in [1.82, 2.24) is 0 Å². The van der Waals surface area contributed by atoms with Gasteiger partial charge in [0.05, 0.1) is 0 Å². The average molecular weight is 978 g/mol. The molecular formula is C65H100O6. The SMILES string of the molecule is CC/C=C\C/C=C\C/C=C\C/C=C\CCCCCCC(=O)OC[C@H](COC(=O)CCC/C=C\C/C=C\C/C=C\C/C=C\CCCCC)OC(=O)CC/C=C\C/C=C\C/C=C\C/C=C\C/C=C\CCCCC. The number of esters is 3. The van der Waals surface area contributed by atoms with Gasteiger partial charge in [-0.25, -0.2) is 0 Å². The lowest BCUT2D eigenvalue weighted by Crippen LogP contribution is -2.30. The third kappa shape index (κ3) is 55.8. The average Bonchev–Trinajstić information content (AvgIpc) is 3.37. The van der Waals surface area contributed by atoms with Crippen LogP contribution in [0.5, 0.6) is 0 Å². The van der Waals surface area contributed by atoms with E-state index in [1.165, 1.54) is 51.4 Å². The highest BCUT2D eigenvalue weighted by atomic mass is 16.6. The van der Waals surface area contributed by atoms with Gasteiger partial charge in [0.15, 0.2) is 6.10 Å². The number of ether oxygens (including phenoxy) is 3. The Morgan fingerprint density at radius 1 is 0.296 bits per heavy atom. The van der Waals surface area contributed by atoms with Crippen molar-refractivity contribution in [3.63, 3.8) is 0 Å². The normalized spacial score (nSPS) is 13.3. The number of allylic oxidation sites excluding steroid dienone is 26. The molecule has 0 heterocycles. The number of hydrogen-bond donors (Lipinski definition) is 0. The minimum Gasteiger partial charge on any atom is -0.462 e. The summed E-state index contributed by atoms with van der Waals surface area (Å²) in [6.45, 7) is 6.32. The van der Waals surface area contributed by atoms with Gasteiger partial charge in [-0.1, -0.05) is 217 Å². The summed E-state index contributed by atoms with van der Waals surface area (Å²) in [6, 6.07) is 0. The monoisotopic (exact) mass is 977 g/mol. The first-order valence-corrected chi connectivity index (χ1v) is 28.0. The van der Waals surface area contributed by atoms with Crippen LogP contribution in [0.15, 0.2) is 158 Å². The van der Waals surface area contributed by atoms with Gasteiger partial charge in [-0.15, -0.1) is 0 Å². The lowest BCUT2D eigenvalue weighted by Gasteiger charge is -2.18. The minimum absolute atomic E-state index is 0.145. The Bertz CT molecular complexity index is 1640. The van der Waals surface area contributed by atoms with Crippen LogP contribution in [-0.4, -0.2) is 37.2 Å². The maximum Gasteiger partial charge on any atom is 0.306 e. The molecule has 0 N–H and O–H groups in total. The van der Waals surface area contributed by atoms with E-state index >= 15 is 0 Å². The molecule has 0 saturated carbocycles. The molecule has 0 amide bonds. The van der Waals surface area contributed by atoms with E-state index < -0.39 is 12.1 Å². The van der Waals surface area contributed by atoms with E-state index in [0.717, 1.165) is 109 Å². The fraction of sp³-hybridized carbons (Fsp3) is 0.554. The summed E-state index contributed by atoms with van der Waals surface area (Å²) in [5.74, 6) is -1.12. The predicted octanol–water partition coefficient (Wildman–Crippen LogP) is 19.0. The Balaban J connectivity index is 4.67. The molecule has 0 radical (unpaired) electrons. The summed E-state index contributed by atoms with van der Waals surface area (Å²) in [4.78, 5) is 38.1.